The molecular weight excluding hydrogens is 459 g/mol. The molecule has 2 heterocycles. The van der Waals surface area contributed by atoms with E-state index in [2.05, 4.69) is 37.0 Å². The van der Waals surface area contributed by atoms with Crippen LogP contribution >= 0.6 is 23.2 Å². The first-order chi connectivity index (χ1) is 16.0. The van der Waals surface area contributed by atoms with Gasteiger partial charge in [0.15, 0.2) is 6.29 Å². The van der Waals surface area contributed by atoms with Crippen molar-refractivity contribution >= 4 is 23.2 Å². The minimum absolute atomic E-state index is 0.0117. The Labute approximate surface area is 205 Å². The molecule has 4 unspecified atom stereocenters. The lowest BCUT2D eigenvalue weighted by Gasteiger charge is -2.34. The van der Waals surface area contributed by atoms with Crippen molar-refractivity contribution in [1.29, 1.82) is 0 Å². The zero-order valence-corrected chi connectivity index (χ0v) is 20.5. The van der Waals surface area contributed by atoms with Crippen molar-refractivity contribution in [1.82, 2.24) is 9.55 Å². The van der Waals surface area contributed by atoms with Gasteiger partial charge in [-0.2, -0.15) is 0 Å². The van der Waals surface area contributed by atoms with Crippen LogP contribution in [0.4, 0.5) is 0 Å². The summed E-state index contributed by atoms with van der Waals surface area (Å²) in [6.07, 6.45) is 7.20. The quantitative estimate of drug-likeness (QED) is 0.312. The topological polar surface area (TPSA) is 45.5 Å². The minimum atomic E-state index is -0.474. The molecule has 0 bridgehead atoms. The molecule has 2 aromatic carbocycles. The Hall–Kier alpha value is -1.89. The average Bonchev–Trinajstić information content (AvgIpc) is 3.35. The van der Waals surface area contributed by atoms with Gasteiger partial charge < -0.3 is 18.8 Å². The summed E-state index contributed by atoms with van der Waals surface area (Å²) in [5, 5.41) is 0.668. The lowest BCUT2D eigenvalue weighted by atomic mass is 10.1. The third kappa shape index (κ3) is 6.58. The Balaban J connectivity index is 1.37. The Morgan fingerprint density at radius 2 is 1.97 bits per heavy atom. The molecule has 1 fully saturated rings. The predicted octanol–water partition coefficient (Wildman–Crippen LogP) is 6.76. The number of aryl methyl sites for hydroxylation is 2. The van der Waals surface area contributed by atoms with E-state index in [1.54, 1.807) is 12.5 Å². The number of halogens is 2. The first kappa shape index (κ1) is 24.2. The number of nitrogens with zero attached hydrogens (tertiary/aromatic N) is 2. The number of aromatic nitrogens is 2. The van der Waals surface area contributed by atoms with E-state index in [0.717, 1.165) is 24.8 Å². The molecule has 0 saturated carbocycles. The van der Waals surface area contributed by atoms with Gasteiger partial charge in [-0.15, -0.1) is 0 Å². The first-order valence-electron chi connectivity index (χ1n) is 11.3. The third-order valence-electron chi connectivity index (χ3n) is 5.93. The average molecular weight is 489 g/mol. The van der Waals surface area contributed by atoms with Gasteiger partial charge in [0, 0.05) is 17.4 Å². The molecule has 1 aliphatic rings. The summed E-state index contributed by atoms with van der Waals surface area (Å²) in [6.45, 7) is 5.33. The van der Waals surface area contributed by atoms with Crippen LogP contribution in [-0.2, 0) is 20.8 Å². The van der Waals surface area contributed by atoms with Crippen molar-refractivity contribution in [2.75, 3.05) is 6.61 Å². The van der Waals surface area contributed by atoms with Crippen molar-refractivity contribution in [2.45, 2.75) is 63.7 Å². The minimum Gasteiger partial charge on any atom is -0.374 e. The summed E-state index contributed by atoms with van der Waals surface area (Å²) >= 11 is 12.9. The summed E-state index contributed by atoms with van der Waals surface area (Å²) in [5.74, 6) is 0. The maximum absolute atomic E-state index is 6.81. The standard InChI is InChI=1S/C26H30Cl2N2O3/c1-18-6-7-21(19(2)14-18)15-31-16-23-4-3-5-24(32-23)33-25(20-8-10-22(27)11-9-20)26(28)30-13-12-29-17-30/h6-14,17,23-26H,3-5,15-16H2,1-2H3. The lowest BCUT2D eigenvalue weighted by molar-refractivity contribution is -0.228. The van der Waals surface area contributed by atoms with Gasteiger partial charge >= 0.3 is 0 Å². The number of alkyl halides is 1. The van der Waals surface area contributed by atoms with Gasteiger partial charge in [-0.25, -0.2) is 4.98 Å². The molecule has 0 N–H and O–H groups in total. The maximum atomic E-state index is 6.81. The summed E-state index contributed by atoms with van der Waals surface area (Å²) in [4.78, 5) is 4.12. The number of hydrogen-bond donors (Lipinski definition) is 0. The van der Waals surface area contributed by atoms with Crippen LogP contribution in [0.1, 0.15) is 53.1 Å². The Morgan fingerprint density at radius 3 is 2.70 bits per heavy atom. The van der Waals surface area contributed by atoms with E-state index in [9.17, 15) is 0 Å². The molecule has 4 rings (SSSR count). The molecule has 5 nitrogen and oxygen atoms in total. The van der Waals surface area contributed by atoms with Crippen molar-refractivity contribution in [3.8, 4) is 0 Å². The Morgan fingerprint density at radius 1 is 1.15 bits per heavy atom. The van der Waals surface area contributed by atoms with Crippen LogP contribution in [0.2, 0.25) is 5.02 Å². The molecule has 4 atom stereocenters. The predicted molar refractivity (Wildman–Crippen MR) is 130 cm³/mol. The van der Waals surface area contributed by atoms with Crippen LogP contribution in [0, 0.1) is 13.8 Å². The van der Waals surface area contributed by atoms with Crippen LogP contribution < -0.4 is 0 Å². The summed E-state index contributed by atoms with van der Waals surface area (Å²) in [5.41, 5.74) is 4.18. The second kappa shape index (κ2) is 11.5. The second-order valence-corrected chi connectivity index (χ2v) is 9.44. The van der Waals surface area contributed by atoms with E-state index in [-0.39, 0.29) is 12.4 Å². The molecule has 7 heteroatoms. The Bertz CT molecular complexity index is 1010. The molecule has 3 aromatic rings. The first-order valence-corrected chi connectivity index (χ1v) is 12.1. The molecule has 33 heavy (non-hydrogen) atoms. The van der Waals surface area contributed by atoms with Crippen molar-refractivity contribution in [3.63, 3.8) is 0 Å². The highest BCUT2D eigenvalue weighted by molar-refractivity contribution is 6.30. The van der Waals surface area contributed by atoms with Gasteiger partial charge in [0.2, 0.25) is 0 Å². The molecule has 0 radical (unpaired) electrons. The molecular formula is C26H30Cl2N2O3. The van der Waals surface area contributed by atoms with Crippen molar-refractivity contribution in [3.05, 3.63) is 88.5 Å². The van der Waals surface area contributed by atoms with Crippen LogP contribution in [-0.4, -0.2) is 28.6 Å². The van der Waals surface area contributed by atoms with E-state index in [1.165, 1.54) is 16.7 Å². The van der Waals surface area contributed by atoms with E-state index >= 15 is 0 Å². The normalized spacial score (nSPS) is 20.5. The van der Waals surface area contributed by atoms with E-state index in [0.29, 0.717) is 18.2 Å². The van der Waals surface area contributed by atoms with Gasteiger partial charge in [-0.05, 0) is 61.9 Å². The highest BCUT2D eigenvalue weighted by Crippen LogP contribution is 2.37. The fraction of sp³-hybridized carbons (Fsp3) is 0.423. The van der Waals surface area contributed by atoms with Crippen LogP contribution in [0.5, 0.6) is 0 Å². The number of imidazole rings is 1. The SMILES string of the molecule is Cc1ccc(COCC2CCCC(OC(c3ccc(Cl)cc3)C(Cl)n3ccnc3)O2)c(C)c1. The highest BCUT2D eigenvalue weighted by Gasteiger charge is 2.31. The maximum Gasteiger partial charge on any atom is 0.159 e. The molecule has 0 amide bonds. The zero-order chi connectivity index (χ0) is 23.2. The second-order valence-electron chi connectivity index (χ2n) is 8.55. The van der Waals surface area contributed by atoms with Crippen molar-refractivity contribution < 1.29 is 14.2 Å². The van der Waals surface area contributed by atoms with Gasteiger partial charge in [-0.3, -0.25) is 0 Å². The molecule has 0 spiro atoms. The fourth-order valence-electron chi connectivity index (χ4n) is 4.08. The van der Waals surface area contributed by atoms with Gasteiger partial charge in [0.05, 0.1) is 25.6 Å². The number of hydrogen-bond acceptors (Lipinski definition) is 4. The van der Waals surface area contributed by atoms with Crippen molar-refractivity contribution in [2.24, 2.45) is 0 Å². The number of ether oxygens (including phenoxy) is 3. The molecule has 0 aliphatic carbocycles. The lowest BCUT2D eigenvalue weighted by Crippen LogP contribution is -2.34. The number of benzene rings is 2. The third-order valence-corrected chi connectivity index (χ3v) is 6.63. The van der Waals surface area contributed by atoms with Gasteiger partial charge in [-0.1, -0.05) is 59.1 Å². The molecule has 1 aromatic heterocycles. The van der Waals surface area contributed by atoms with Crippen LogP contribution in [0.25, 0.3) is 0 Å². The smallest absolute Gasteiger partial charge is 0.159 e. The number of rotatable bonds is 9. The summed E-state index contributed by atoms with van der Waals surface area (Å²) in [7, 11) is 0. The van der Waals surface area contributed by atoms with E-state index in [1.807, 2.05) is 35.0 Å². The molecule has 176 valence electrons. The van der Waals surface area contributed by atoms with Crippen LogP contribution in [0.3, 0.4) is 0 Å². The van der Waals surface area contributed by atoms with E-state index in [4.69, 9.17) is 37.4 Å². The largest absolute Gasteiger partial charge is 0.374 e. The Kier molecular flexibility index (Phi) is 8.45. The summed E-state index contributed by atoms with van der Waals surface area (Å²) < 4.78 is 20.5. The van der Waals surface area contributed by atoms with E-state index < -0.39 is 11.6 Å². The zero-order valence-electron chi connectivity index (χ0n) is 19.0. The van der Waals surface area contributed by atoms with Gasteiger partial charge in [0.25, 0.3) is 0 Å². The molecule has 1 aliphatic heterocycles. The monoisotopic (exact) mass is 488 g/mol. The van der Waals surface area contributed by atoms with Crippen LogP contribution in [0.15, 0.2) is 61.2 Å². The van der Waals surface area contributed by atoms with Gasteiger partial charge in [0.1, 0.15) is 11.6 Å². The molecule has 1 saturated heterocycles. The fourth-order valence-corrected chi connectivity index (χ4v) is 4.53. The highest BCUT2D eigenvalue weighted by atomic mass is 35.5. The summed E-state index contributed by atoms with van der Waals surface area (Å²) in [6, 6.07) is 14.0.